The van der Waals surface area contributed by atoms with E-state index in [-0.39, 0.29) is 11.7 Å². The molecule has 0 aliphatic rings. The largest absolute Gasteiger partial charge is 0.497 e. The van der Waals surface area contributed by atoms with Gasteiger partial charge < -0.3 is 14.6 Å². The number of ether oxygens (including phenoxy) is 1. The van der Waals surface area contributed by atoms with Crippen molar-refractivity contribution in [3.63, 3.8) is 0 Å². The van der Waals surface area contributed by atoms with Crippen LogP contribution in [0.15, 0.2) is 53.2 Å². The summed E-state index contributed by atoms with van der Waals surface area (Å²) in [6.07, 6.45) is 1.63. The fourth-order valence-electron chi connectivity index (χ4n) is 2.02. The summed E-state index contributed by atoms with van der Waals surface area (Å²) in [4.78, 5) is 20.2. The lowest BCUT2D eigenvalue weighted by molar-refractivity contribution is -0.113. The van der Waals surface area contributed by atoms with Gasteiger partial charge in [0.15, 0.2) is 0 Å². The standard InChI is InChI=1S/C17H16N4O3S/c1-23-13-7-5-12(6-8-13)17-20-16(24-21-17)11-25-10-15(22)19-14-4-2-3-9-18-14/h2-9H,10-11H2,1H3,(H,18,19,22). The minimum Gasteiger partial charge on any atom is -0.497 e. The molecular formula is C17H16N4O3S. The van der Waals surface area contributed by atoms with E-state index < -0.39 is 0 Å². The van der Waals surface area contributed by atoms with E-state index in [0.717, 1.165) is 11.3 Å². The smallest absolute Gasteiger partial charge is 0.236 e. The third kappa shape index (κ3) is 4.80. The Morgan fingerprint density at radius 1 is 1.24 bits per heavy atom. The second-order valence-electron chi connectivity index (χ2n) is 5.00. The Kier molecular flexibility index (Phi) is 5.63. The summed E-state index contributed by atoms with van der Waals surface area (Å²) in [6, 6.07) is 12.7. The summed E-state index contributed by atoms with van der Waals surface area (Å²) in [6.45, 7) is 0. The molecule has 0 saturated heterocycles. The van der Waals surface area contributed by atoms with E-state index in [1.165, 1.54) is 11.8 Å². The normalized spacial score (nSPS) is 10.4. The van der Waals surface area contributed by atoms with E-state index in [0.29, 0.717) is 23.3 Å². The number of rotatable bonds is 7. The molecule has 0 fully saturated rings. The van der Waals surface area contributed by atoms with Gasteiger partial charge in [0.2, 0.25) is 17.6 Å². The third-order valence-electron chi connectivity index (χ3n) is 3.21. The molecule has 2 heterocycles. The maximum Gasteiger partial charge on any atom is 0.236 e. The van der Waals surface area contributed by atoms with Gasteiger partial charge in [0.05, 0.1) is 18.6 Å². The highest BCUT2D eigenvalue weighted by atomic mass is 32.2. The van der Waals surface area contributed by atoms with Gasteiger partial charge in [0, 0.05) is 11.8 Å². The third-order valence-corrected chi connectivity index (χ3v) is 4.12. The summed E-state index contributed by atoms with van der Waals surface area (Å²) >= 11 is 1.39. The number of amides is 1. The van der Waals surface area contributed by atoms with Crippen molar-refractivity contribution >= 4 is 23.5 Å². The lowest BCUT2D eigenvalue weighted by atomic mass is 10.2. The predicted octanol–water partition coefficient (Wildman–Crippen LogP) is 3.01. The van der Waals surface area contributed by atoms with Crippen LogP contribution in [0, 0.1) is 0 Å². The Hall–Kier alpha value is -2.87. The van der Waals surface area contributed by atoms with Crippen molar-refractivity contribution in [2.75, 3.05) is 18.2 Å². The highest BCUT2D eigenvalue weighted by molar-refractivity contribution is 7.99. The van der Waals surface area contributed by atoms with E-state index >= 15 is 0 Å². The van der Waals surface area contributed by atoms with Crippen molar-refractivity contribution in [3.8, 4) is 17.1 Å². The topological polar surface area (TPSA) is 90.1 Å². The fourth-order valence-corrected chi connectivity index (χ4v) is 2.67. The van der Waals surface area contributed by atoms with Crippen LogP contribution in [0.5, 0.6) is 5.75 Å². The summed E-state index contributed by atoms with van der Waals surface area (Å²) in [5.74, 6) is 2.89. The summed E-state index contributed by atoms with van der Waals surface area (Å²) in [7, 11) is 1.61. The molecule has 3 rings (SSSR count). The van der Waals surface area contributed by atoms with Gasteiger partial charge in [0.25, 0.3) is 0 Å². The van der Waals surface area contributed by atoms with Crippen molar-refractivity contribution in [3.05, 3.63) is 54.6 Å². The van der Waals surface area contributed by atoms with Crippen LogP contribution in [0.2, 0.25) is 0 Å². The molecule has 0 unspecified atom stereocenters. The molecule has 3 aromatic rings. The molecule has 2 aromatic heterocycles. The minimum absolute atomic E-state index is 0.126. The molecule has 1 N–H and O–H groups in total. The maximum atomic E-state index is 11.8. The number of benzene rings is 1. The monoisotopic (exact) mass is 356 g/mol. The number of anilines is 1. The predicted molar refractivity (Wildman–Crippen MR) is 95.3 cm³/mol. The summed E-state index contributed by atoms with van der Waals surface area (Å²) in [5, 5.41) is 6.68. The Labute approximate surface area is 148 Å². The van der Waals surface area contributed by atoms with Crippen LogP contribution in [0.25, 0.3) is 11.4 Å². The zero-order valence-electron chi connectivity index (χ0n) is 13.5. The maximum absolute atomic E-state index is 11.8. The Balaban J connectivity index is 1.49. The molecule has 0 saturated carbocycles. The molecule has 0 bridgehead atoms. The highest BCUT2D eigenvalue weighted by Gasteiger charge is 2.10. The van der Waals surface area contributed by atoms with Crippen molar-refractivity contribution < 1.29 is 14.1 Å². The number of hydrogen-bond acceptors (Lipinski definition) is 7. The van der Waals surface area contributed by atoms with Crippen molar-refractivity contribution in [1.82, 2.24) is 15.1 Å². The summed E-state index contributed by atoms with van der Waals surface area (Å²) in [5.41, 5.74) is 0.841. The zero-order valence-corrected chi connectivity index (χ0v) is 14.3. The molecular weight excluding hydrogens is 340 g/mol. The van der Waals surface area contributed by atoms with Crippen LogP contribution in [0.1, 0.15) is 5.89 Å². The SMILES string of the molecule is COc1ccc(-c2noc(CSCC(=O)Nc3ccccn3)n2)cc1. The van der Waals surface area contributed by atoms with Crippen molar-refractivity contribution in [2.45, 2.75) is 5.75 Å². The van der Waals surface area contributed by atoms with Crippen LogP contribution in [0.4, 0.5) is 5.82 Å². The molecule has 0 spiro atoms. The van der Waals surface area contributed by atoms with Crippen LogP contribution in [-0.4, -0.2) is 33.9 Å². The lowest BCUT2D eigenvalue weighted by Crippen LogP contribution is -2.14. The number of nitrogens with one attached hydrogen (secondary N) is 1. The van der Waals surface area contributed by atoms with Gasteiger partial charge in [-0.2, -0.15) is 4.98 Å². The Morgan fingerprint density at radius 3 is 2.80 bits per heavy atom. The van der Waals surface area contributed by atoms with Crippen LogP contribution < -0.4 is 10.1 Å². The van der Waals surface area contributed by atoms with Gasteiger partial charge >= 0.3 is 0 Å². The molecule has 0 atom stereocenters. The number of methoxy groups -OCH3 is 1. The van der Waals surface area contributed by atoms with Gasteiger partial charge in [-0.25, -0.2) is 4.98 Å². The number of carbonyl (C=O) groups excluding carboxylic acids is 1. The van der Waals surface area contributed by atoms with Crippen molar-refractivity contribution in [2.24, 2.45) is 0 Å². The summed E-state index contributed by atoms with van der Waals surface area (Å²) < 4.78 is 10.3. The second kappa shape index (κ2) is 8.29. The van der Waals surface area contributed by atoms with Gasteiger partial charge in [0.1, 0.15) is 11.6 Å². The minimum atomic E-state index is -0.126. The van der Waals surface area contributed by atoms with E-state index in [1.807, 2.05) is 30.3 Å². The van der Waals surface area contributed by atoms with Gasteiger partial charge in [-0.3, -0.25) is 4.79 Å². The first-order valence-corrected chi connectivity index (χ1v) is 8.66. The van der Waals surface area contributed by atoms with E-state index in [1.54, 1.807) is 25.4 Å². The molecule has 1 aromatic carbocycles. The van der Waals surface area contributed by atoms with Crippen molar-refractivity contribution in [1.29, 1.82) is 0 Å². The molecule has 0 aliphatic heterocycles. The lowest BCUT2D eigenvalue weighted by Gasteiger charge is -2.02. The number of aromatic nitrogens is 3. The number of carbonyl (C=O) groups is 1. The van der Waals surface area contributed by atoms with Crippen LogP contribution in [-0.2, 0) is 10.5 Å². The second-order valence-corrected chi connectivity index (χ2v) is 5.98. The Morgan fingerprint density at radius 2 is 2.08 bits per heavy atom. The van der Waals surface area contributed by atoms with E-state index in [2.05, 4.69) is 20.4 Å². The average molecular weight is 356 g/mol. The number of thioether (sulfide) groups is 1. The van der Waals surface area contributed by atoms with E-state index in [9.17, 15) is 4.79 Å². The number of hydrogen-bond donors (Lipinski definition) is 1. The fraction of sp³-hybridized carbons (Fsp3) is 0.176. The molecule has 128 valence electrons. The number of nitrogens with zero attached hydrogens (tertiary/aromatic N) is 3. The first-order chi connectivity index (χ1) is 12.2. The van der Waals surface area contributed by atoms with E-state index in [4.69, 9.17) is 9.26 Å². The molecule has 0 radical (unpaired) electrons. The first kappa shape index (κ1) is 17.0. The molecule has 8 heteroatoms. The molecule has 0 aliphatic carbocycles. The molecule has 7 nitrogen and oxygen atoms in total. The van der Waals surface area contributed by atoms with Gasteiger partial charge in [-0.15, -0.1) is 11.8 Å². The van der Waals surface area contributed by atoms with Crippen LogP contribution in [0.3, 0.4) is 0 Å². The number of pyridine rings is 1. The Bertz CT molecular complexity index is 821. The van der Waals surface area contributed by atoms with Gasteiger partial charge in [-0.05, 0) is 36.4 Å². The zero-order chi connectivity index (χ0) is 17.5. The van der Waals surface area contributed by atoms with Crippen LogP contribution >= 0.6 is 11.8 Å². The molecule has 25 heavy (non-hydrogen) atoms. The first-order valence-electron chi connectivity index (χ1n) is 7.50. The molecule has 1 amide bonds. The average Bonchev–Trinajstić information content (AvgIpc) is 3.11. The highest BCUT2D eigenvalue weighted by Crippen LogP contribution is 2.21. The quantitative estimate of drug-likeness (QED) is 0.696. The van der Waals surface area contributed by atoms with Gasteiger partial charge in [-0.1, -0.05) is 11.2 Å².